The Hall–Kier alpha value is -1.29. The SMILES string of the molecule is CCNCc1cc(S(=O)(=O)NCCn2ccnn2)cs1. The summed E-state index contributed by atoms with van der Waals surface area (Å²) >= 11 is 1.44. The molecule has 9 heteroatoms. The highest BCUT2D eigenvalue weighted by atomic mass is 32.2. The molecule has 0 saturated carbocycles. The van der Waals surface area contributed by atoms with Crippen LogP contribution in [0.3, 0.4) is 0 Å². The van der Waals surface area contributed by atoms with Crippen molar-refractivity contribution < 1.29 is 8.42 Å². The molecule has 2 heterocycles. The molecule has 0 amide bonds. The van der Waals surface area contributed by atoms with Gasteiger partial charge in [0.25, 0.3) is 0 Å². The summed E-state index contributed by atoms with van der Waals surface area (Å²) in [7, 11) is -3.45. The third-order valence-electron chi connectivity index (χ3n) is 2.59. The minimum Gasteiger partial charge on any atom is -0.312 e. The summed E-state index contributed by atoms with van der Waals surface area (Å²) in [5.74, 6) is 0. The van der Waals surface area contributed by atoms with Gasteiger partial charge in [0, 0.05) is 29.5 Å². The first kappa shape index (κ1) is 15.1. The number of sulfonamides is 1. The monoisotopic (exact) mass is 315 g/mol. The first-order chi connectivity index (χ1) is 9.62. The van der Waals surface area contributed by atoms with Gasteiger partial charge in [-0.25, -0.2) is 13.1 Å². The van der Waals surface area contributed by atoms with Gasteiger partial charge in [-0.05, 0) is 12.6 Å². The number of nitrogens with zero attached hydrogens (tertiary/aromatic N) is 3. The lowest BCUT2D eigenvalue weighted by Gasteiger charge is -2.04. The third-order valence-corrected chi connectivity index (χ3v) is 5.12. The van der Waals surface area contributed by atoms with E-state index in [1.807, 2.05) is 6.92 Å². The molecule has 0 saturated heterocycles. The Bertz CT molecular complexity index is 621. The van der Waals surface area contributed by atoms with E-state index in [-0.39, 0.29) is 6.54 Å². The molecule has 20 heavy (non-hydrogen) atoms. The fraction of sp³-hybridized carbons (Fsp3) is 0.455. The highest BCUT2D eigenvalue weighted by Crippen LogP contribution is 2.18. The van der Waals surface area contributed by atoms with E-state index in [4.69, 9.17) is 0 Å². The van der Waals surface area contributed by atoms with Gasteiger partial charge in [0.05, 0.1) is 17.6 Å². The van der Waals surface area contributed by atoms with Crippen molar-refractivity contribution in [3.8, 4) is 0 Å². The molecular weight excluding hydrogens is 298 g/mol. The van der Waals surface area contributed by atoms with Gasteiger partial charge in [0.15, 0.2) is 0 Å². The highest BCUT2D eigenvalue weighted by Gasteiger charge is 2.15. The maximum Gasteiger partial charge on any atom is 0.241 e. The van der Waals surface area contributed by atoms with E-state index in [9.17, 15) is 8.42 Å². The number of aromatic nitrogens is 3. The first-order valence-corrected chi connectivity index (χ1v) is 8.60. The zero-order valence-corrected chi connectivity index (χ0v) is 12.7. The molecule has 0 atom stereocenters. The number of hydrogen-bond acceptors (Lipinski definition) is 6. The molecule has 0 unspecified atom stereocenters. The van der Waals surface area contributed by atoms with E-state index in [1.165, 1.54) is 11.3 Å². The van der Waals surface area contributed by atoms with Gasteiger partial charge in [0.2, 0.25) is 10.0 Å². The predicted octanol–water partition coefficient (Wildman–Crippen LogP) is 0.428. The van der Waals surface area contributed by atoms with Crippen LogP contribution >= 0.6 is 11.3 Å². The van der Waals surface area contributed by atoms with E-state index in [0.29, 0.717) is 18.0 Å². The summed E-state index contributed by atoms with van der Waals surface area (Å²) in [5, 5.41) is 12.3. The molecule has 2 aromatic rings. The lowest BCUT2D eigenvalue weighted by molar-refractivity contribution is 0.553. The lowest BCUT2D eigenvalue weighted by Crippen LogP contribution is -2.27. The normalized spacial score (nSPS) is 11.8. The summed E-state index contributed by atoms with van der Waals surface area (Å²) in [4.78, 5) is 1.32. The van der Waals surface area contributed by atoms with Crippen molar-refractivity contribution in [2.24, 2.45) is 0 Å². The Morgan fingerprint density at radius 3 is 3.00 bits per heavy atom. The maximum atomic E-state index is 12.1. The minimum absolute atomic E-state index is 0.282. The molecular formula is C11H17N5O2S2. The van der Waals surface area contributed by atoms with Crippen LogP contribution in [0.15, 0.2) is 28.7 Å². The van der Waals surface area contributed by atoms with Crippen molar-refractivity contribution in [2.75, 3.05) is 13.1 Å². The van der Waals surface area contributed by atoms with Crippen molar-refractivity contribution in [1.29, 1.82) is 0 Å². The molecule has 2 N–H and O–H groups in total. The summed E-state index contributed by atoms with van der Waals surface area (Å²) in [6, 6.07) is 1.70. The molecule has 0 fully saturated rings. The molecule has 0 spiro atoms. The molecule has 0 aliphatic carbocycles. The summed E-state index contributed by atoms with van der Waals surface area (Å²) in [5.41, 5.74) is 0. The van der Waals surface area contributed by atoms with Crippen LogP contribution in [-0.2, 0) is 23.1 Å². The Labute approximate surface area is 122 Å². The van der Waals surface area contributed by atoms with E-state index in [2.05, 4.69) is 20.4 Å². The lowest BCUT2D eigenvalue weighted by atomic mass is 10.4. The molecule has 0 aliphatic heterocycles. The van der Waals surface area contributed by atoms with Gasteiger partial charge in [-0.1, -0.05) is 12.1 Å². The van der Waals surface area contributed by atoms with Crippen LogP contribution in [0, 0.1) is 0 Å². The quantitative estimate of drug-likeness (QED) is 0.737. The number of nitrogens with one attached hydrogen (secondary N) is 2. The molecule has 7 nitrogen and oxygen atoms in total. The fourth-order valence-corrected chi connectivity index (χ4v) is 3.84. The van der Waals surface area contributed by atoms with Gasteiger partial charge < -0.3 is 5.32 Å². The van der Waals surface area contributed by atoms with Gasteiger partial charge in [-0.15, -0.1) is 16.4 Å². The van der Waals surface area contributed by atoms with Crippen LogP contribution in [0.5, 0.6) is 0 Å². The predicted molar refractivity (Wildman–Crippen MR) is 76.9 cm³/mol. The Morgan fingerprint density at radius 1 is 1.45 bits per heavy atom. The third kappa shape index (κ3) is 4.10. The molecule has 0 bridgehead atoms. The summed E-state index contributed by atoms with van der Waals surface area (Å²) in [6.45, 7) is 4.29. The van der Waals surface area contributed by atoms with Crippen LogP contribution in [0.2, 0.25) is 0 Å². The van der Waals surface area contributed by atoms with Gasteiger partial charge in [-0.2, -0.15) is 0 Å². The molecule has 0 radical (unpaired) electrons. The van der Waals surface area contributed by atoms with Crippen LogP contribution in [0.4, 0.5) is 0 Å². The second-order valence-electron chi connectivity index (χ2n) is 4.09. The Morgan fingerprint density at radius 2 is 2.30 bits per heavy atom. The number of thiophene rings is 1. The van der Waals surface area contributed by atoms with E-state index < -0.39 is 10.0 Å². The number of rotatable bonds is 8. The zero-order valence-electron chi connectivity index (χ0n) is 11.1. The van der Waals surface area contributed by atoms with E-state index in [1.54, 1.807) is 28.5 Å². The fourth-order valence-electron chi connectivity index (χ4n) is 1.57. The van der Waals surface area contributed by atoms with Crippen LogP contribution in [0.25, 0.3) is 0 Å². The largest absolute Gasteiger partial charge is 0.312 e. The standard InChI is InChI=1S/C11H17N5O2S2/c1-2-12-8-10-7-11(9-19-10)20(17,18)14-4-6-16-5-3-13-15-16/h3,5,7,9,12,14H,2,4,6,8H2,1H3. The Balaban J connectivity index is 1.90. The van der Waals surface area contributed by atoms with E-state index in [0.717, 1.165) is 11.4 Å². The van der Waals surface area contributed by atoms with Gasteiger partial charge >= 0.3 is 0 Å². The van der Waals surface area contributed by atoms with Crippen LogP contribution in [-0.4, -0.2) is 36.5 Å². The van der Waals surface area contributed by atoms with Crippen molar-refractivity contribution >= 4 is 21.4 Å². The molecule has 0 aromatic carbocycles. The van der Waals surface area contributed by atoms with Crippen LogP contribution < -0.4 is 10.0 Å². The second kappa shape index (κ2) is 6.93. The molecule has 0 aliphatic rings. The van der Waals surface area contributed by atoms with Gasteiger partial charge in [-0.3, -0.25) is 4.68 Å². The summed E-state index contributed by atoms with van der Waals surface area (Å²) < 4.78 is 28.3. The maximum absolute atomic E-state index is 12.1. The van der Waals surface area contributed by atoms with Gasteiger partial charge in [0.1, 0.15) is 0 Å². The number of hydrogen-bond donors (Lipinski definition) is 2. The first-order valence-electron chi connectivity index (χ1n) is 6.23. The van der Waals surface area contributed by atoms with Crippen LogP contribution in [0.1, 0.15) is 11.8 Å². The minimum atomic E-state index is -3.45. The average Bonchev–Trinajstić information content (AvgIpc) is 3.07. The van der Waals surface area contributed by atoms with Crippen molar-refractivity contribution in [2.45, 2.75) is 24.9 Å². The smallest absolute Gasteiger partial charge is 0.241 e. The second-order valence-corrected chi connectivity index (χ2v) is 6.86. The molecule has 110 valence electrons. The zero-order chi connectivity index (χ0) is 14.4. The topological polar surface area (TPSA) is 88.9 Å². The average molecular weight is 315 g/mol. The van der Waals surface area contributed by atoms with Crippen molar-refractivity contribution in [3.05, 3.63) is 28.7 Å². The molecule has 2 rings (SSSR count). The highest BCUT2D eigenvalue weighted by molar-refractivity contribution is 7.89. The molecule has 2 aromatic heterocycles. The van der Waals surface area contributed by atoms with Crippen molar-refractivity contribution in [3.63, 3.8) is 0 Å². The van der Waals surface area contributed by atoms with Crippen molar-refractivity contribution in [1.82, 2.24) is 25.0 Å². The van der Waals surface area contributed by atoms with E-state index >= 15 is 0 Å². The summed E-state index contributed by atoms with van der Waals surface area (Å²) in [6.07, 6.45) is 3.24. The Kier molecular flexibility index (Phi) is 5.24.